The molecule has 6 nitrogen and oxygen atoms in total. The molecular weight excluding hydrogens is 322 g/mol. The number of H-pyrrole nitrogens is 1. The Balaban J connectivity index is 1.84. The minimum absolute atomic E-state index is 0.130. The highest BCUT2D eigenvalue weighted by Crippen LogP contribution is 2.38. The maximum absolute atomic E-state index is 12.4. The highest BCUT2D eigenvalue weighted by molar-refractivity contribution is 5.85. The molecule has 0 saturated heterocycles. The molecule has 0 saturated carbocycles. The molecule has 128 valence electrons. The largest absolute Gasteiger partial charge is 0.454 e. The Morgan fingerprint density at radius 3 is 2.76 bits per heavy atom. The molecule has 1 aliphatic rings. The predicted molar refractivity (Wildman–Crippen MR) is 92.8 cm³/mol. The average Bonchev–Trinajstić information content (AvgIpc) is 3.08. The van der Waals surface area contributed by atoms with E-state index in [1.54, 1.807) is 13.2 Å². The predicted octanol–water partition coefficient (Wildman–Crippen LogP) is 3.04. The molecule has 0 amide bonds. The molecule has 0 spiro atoms. The van der Waals surface area contributed by atoms with Gasteiger partial charge < -0.3 is 23.9 Å². The van der Waals surface area contributed by atoms with Crippen LogP contribution in [0.4, 0.5) is 0 Å². The number of benzene rings is 2. The molecule has 0 aliphatic carbocycles. The molecule has 2 heterocycles. The van der Waals surface area contributed by atoms with Crippen LogP contribution in [0.25, 0.3) is 22.0 Å². The maximum Gasteiger partial charge on any atom is 0.256 e. The van der Waals surface area contributed by atoms with E-state index in [1.165, 1.54) is 0 Å². The second-order valence-corrected chi connectivity index (χ2v) is 5.72. The van der Waals surface area contributed by atoms with Crippen LogP contribution in [-0.2, 0) is 16.1 Å². The lowest BCUT2D eigenvalue weighted by molar-refractivity contribution is -0.0389. The number of hydrogen-bond donors (Lipinski definition) is 1. The summed E-state index contributed by atoms with van der Waals surface area (Å²) in [5.41, 5.74) is 2.29. The number of hydrogen-bond acceptors (Lipinski definition) is 5. The van der Waals surface area contributed by atoms with Crippen LogP contribution in [0.2, 0.25) is 0 Å². The van der Waals surface area contributed by atoms with Gasteiger partial charge in [-0.3, -0.25) is 4.79 Å². The summed E-state index contributed by atoms with van der Waals surface area (Å²) in [5, 5.41) is 1.53. The lowest BCUT2D eigenvalue weighted by Gasteiger charge is -2.12. The van der Waals surface area contributed by atoms with Gasteiger partial charge in [0.05, 0.1) is 6.61 Å². The zero-order valence-corrected chi connectivity index (χ0v) is 13.7. The summed E-state index contributed by atoms with van der Waals surface area (Å²) in [6.07, 6.45) is 0. The van der Waals surface area contributed by atoms with E-state index in [-0.39, 0.29) is 19.1 Å². The second kappa shape index (κ2) is 6.58. The van der Waals surface area contributed by atoms with Gasteiger partial charge in [-0.2, -0.15) is 0 Å². The second-order valence-electron chi connectivity index (χ2n) is 5.72. The van der Waals surface area contributed by atoms with Crippen LogP contribution < -0.4 is 15.0 Å². The van der Waals surface area contributed by atoms with Gasteiger partial charge in [-0.25, -0.2) is 0 Å². The number of aromatic amines is 1. The first-order chi connectivity index (χ1) is 12.3. The summed E-state index contributed by atoms with van der Waals surface area (Å²) in [6.45, 7) is 0.697. The van der Waals surface area contributed by atoms with E-state index in [1.807, 2.05) is 36.4 Å². The minimum atomic E-state index is -0.130. The third kappa shape index (κ3) is 2.97. The van der Waals surface area contributed by atoms with Crippen molar-refractivity contribution in [2.75, 3.05) is 20.7 Å². The van der Waals surface area contributed by atoms with E-state index >= 15 is 0 Å². The maximum atomic E-state index is 12.4. The number of nitrogens with one attached hydrogen (secondary N) is 1. The quantitative estimate of drug-likeness (QED) is 0.571. The topological polar surface area (TPSA) is 69.8 Å². The van der Waals surface area contributed by atoms with Gasteiger partial charge in [0.15, 0.2) is 11.5 Å². The molecule has 1 N–H and O–H groups in total. The fourth-order valence-corrected chi connectivity index (χ4v) is 2.95. The molecule has 2 aromatic carbocycles. The number of fused-ring (bicyclic) bond motifs is 2. The molecule has 0 unspecified atom stereocenters. The molecule has 1 aliphatic heterocycles. The molecule has 4 rings (SSSR count). The summed E-state index contributed by atoms with van der Waals surface area (Å²) >= 11 is 0. The molecule has 0 atom stereocenters. The number of aromatic nitrogens is 1. The van der Waals surface area contributed by atoms with Gasteiger partial charge in [0, 0.05) is 23.8 Å². The zero-order valence-electron chi connectivity index (χ0n) is 13.7. The van der Waals surface area contributed by atoms with Crippen molar-refractivity contribution < 1.29 is 18.9 Å². The Bertz CT molecular complexity index is 979. The summed E-state index contributed by atoms with van der Waals surface area (Å²) in [7, 11) is 1.57. The molecule has 25 heavy (non-hydrogen) atoms. The minimum Gasteiger partial charge on any atom is -0.454 e. The van der Waals surface area contributed by atoms with Crippen molar-refractivity contribution in [2.45, 2.75) is 6.61 Å². The van der Waals surface area contributed by atoms with E-state index in [0.29, 0.717) is 29.2 Å². The fourth-order valence-electron chi connectivity index (χ4n) is 2.95. The van der Waals surface area contributed by atoms with Gasteiger partial charge in [-0.15, -0.1) is 0 Å². The third-order valence-corrected chi connectivity index (χ3v) is 4.10. The Hall–Kier alpha value is -2.83. The van der Waals surface area contributed by atoms with Crippen molar-refractivity contribution in [1.82, 2.24) is 4.98 Å². The van der Waals surface area contributed by atoms with Gasteiger partial charge >= 0.3 is 0 Å². The molecular formula is C19H17NO5. The van der Waals surface area contributed by atoms with E-state index in [9.17, 15) is 4.79 Å². The SMILES string of the molecule is COCOCc1cc2c(cc1-c1cc3ccccc3c(=O)[nH]1)OCO2. The van der Waals surface area contributed by atoms with Crippen LogP contribution in [0.5, 0.6) is 11.5 Å². The molecule has 3 aromatic rings. The van der Waals surface area contributed by atoms with Crippen molar-refractivity contribution in [2.24, 2.45) is 0 Å². The van der Waals surface area contributed by atoms with Gasteiger partial charge in [0.25, 0.3) is 5.56 Å². The van der Waals surface area contributed by atoms with Crippen LogP contribution in [-0.4, -0.2) is 25.7 Å². The summed E-state index contributed by atoms with van der Waals surface area (Å²) in [6, 6.07) is 13.2. The highest BCUT2D eigenvalue weighted by atomic mass is 16.7. The van der Waals surface area contributed by atoms with Crippen molar-refractivity contribution in [3.05, 3.63) is 58.4 Å². The standard InChI is InChI=1S/C19H17NO5/c1-22-10-23-9-13-7-17-18(25-11-24-17)8-15(13)16-6-12-4-2-3-5-14(12)19(21)20-16/h2-8H,9-11H2,1H3,(H,20,21). The van der Waals surface area contributed by atoms with Crippen LogP contribution in [0.15, 0.2) is 47.3 Å². The third-order valence-electron chi connectivity index (χ3n) is 4.10. The average molecular weight is 339 g/mol. The van der Waals surface area contributed by atoms with Gasteiger partial charge in [-0.1, -0.05) is 18.2 Å². The normalized spacial score (nSPS) is 12.7. The van der Waals surface area contributed by atoms with Crippen LogP contribution in [0.3, 0.4) is 0 Å². The lowest BCUT2D eigenvalue weighted by Crippen LogP contribution is -2.08. The van der Waals surface area contributed by atoms with E-state index in [0.717, 1.165) is 16.5 Å². The van der Waals surface area contributed by atoms with Crippen molar-refractivity contribution in [1.29, 1.82) is 0 Å². The fraction of sp³-hybridized carbons (Fsp3) is 0.211. The number of pyridine rings is 1. The monoisotopic (exact) mass is 339 g/mol. The Morgan fingerprint density at radius 2 is 1.92 bits per heavy atom. The van der Waals surface area contributed by atoms with Crippen molar-refractivity contribution in [3.63, 3.8) is 0 Å². The molecule has 0 radical (unpaired) electrons. The van der Waals surface area contributed by atoms with Crippen LogP contribution in [0, 0.1) is 0 Å². The Morgan fingerprint density at radius 1 is 1.12 bits per heavy atom. The first kappa shape index (κ1) is 15.7. The molecule has 0 fully saturated rings. The van der Waals surface area contributed by atoms with Gasteiger partial charge in [-0.05, 0) is 35.2 Å². The van der Waals surface area contributed by atoms with Gasteiger partial charge in [0.2, 0.25) is 6.79 Å². The Kier molecular flexibility index (Phi) is 4.13. The molecule has 6 heteroatoms. The summed E-state index contributed by atoms with van der Waals surface area (Å²) < 4.78 is 21.4. The van der Waals surface area contributed by atoms with Gasteiger partial charge in [0.1, 0.15) is 6.79 Å². The lowest BCUT2D eigenvalue weighted by atomic mass is 10.0. The van der Waals surface area contributed by atoms with Crippen LogP contribution >= 0.6 is 0 Å². The number of rotatable bonds is 5. The van der Waals surface area contributed by atoms with Crippen molar-refractivity contribution in [3.8, 4) is 22.8 Å². The molecule has 0 bridgehead atoms. The van der Waals surface area contributed by atoms with Crippen molar-refractivity contribution >= 4 is 10.8 Å². The van der Waals surface area contributed by atoms with E-state index in [4.69, 9.17) is 18.9 Å². The molecule has 1 aromatic heterocycles. The number of ether oxygens (including phenoxy) is 4. The Labute approximate surface area is 143 Å². The van der Waals surface area contributed by atoms with E-state index < -0.39 is 0 Å². The summed E-state index contributed by atoms with van der Waals surface area (Å²) in [5.74, 6) is 1.32. The number of methoxy groups -OCH3 is 1. The smallest absolute Gasteiger partial charge is 0.256 e. The zero-order chi connectivity index (χ0) is 17.2. The van der Waals surface area contributed by atoms with Crippen LogP contribution in [0.1, 0.15) is 5.56 Å². The highest BCUT2D eigenvalue weighted by Gasteiger charge is 2.19. The van der Waals surface area contributed by atoms with E-state index in [2.05, 4.69) is 4.98 Å². The summed E-state index contributed by atoms with van der Waals surface area (Å²) in [4.78, 5) is 15.4. The first-order valence-corrected chi connectivity index (χ1v) is 7.88. The first-order valence-electron chi connectivity index (χ1n) is 7.88.